The van der Waals surface area contributed by atoms with Crippen LogP contribution in [0.3, 0.4) is 0 Å². The lowest BCUT2D eigenvalue weighted by atomic mass is 10.1. The first-order chi connectivity index (χ1) is 17.4. The van der Waals surface area contributed by atoms with Crippen LogP contribution in [0.2, 0.25) is 0 Å². The van der Waals surface area contributed by atoms with Crippen LogP contribution in [-0.4, -0.2) is 21.4 Å². The average molecular weight is 501 g/mol. The molecule has 6 nitrogen and oxygen atoms in total. The Balaban J connectivity index is 1.74. The summed E-state index contributed by atoms with van der Waals surface area (Å²) in [7, 11) is -2.38. The third-order valence-corrected chi connectivity index (χ3v) is 7.64. The standard InChI is InChI=1S/C29H28N2O4S/c1-22(25-17-10-12-20-28(25)35-2)30-29(32)26-18-9-11-19-27(26)31(21-23-13-5-3-6-14-23)36(33,34)24-15-7-4-8-16-24/h3-20,22H,21H2,1-2H3,(H,30,32)/t22-/m1/s1. The fourth-order valence-electron chi connectivity index (χ4n) is 4.03. The minimum atomic E-state index is -3.97. The van der Waals surface area contributed by atoms with Crippen molar-refractivity contribution in [1.29, 1.82) is 0 Å². The van der Waals surface area contributed by atoms with Gasteiger partial charge in [-0.25, -0.2) is 8.42 Å². The smallest absolute Gasteiger partial charge is 0.264 e. The summed E-state index contributed by atoms with van der Waals surface area (Å²) in [6.07, 6.45) is 0. The number of sulfonamides is 1. The van der Waals surface area contributed by atoms with Crippen molar-refractivity contribution in [2.24, 2.45) is 0 Å². The van der Waals surface area contributed by atoms with Crippen LogP contribution in [0.4, 0.5) is 5.69 Å². The van der Waals surface area contributed by atoms with Crippen molar-refractivity contribution in [3.05, 3.63) is 126 Å². The highest BCUT2D eigenvalue weighted by molar-refractivity contribution is 7.92. The molecule has 4 aromatic carbocycles. The fourth-order valence-corrected chi connectivity index (χ4v) is 5.52. The number of carbonyl (C=O) groups excluding carboxylic acids is 1. The van der Waals surface area contributed by atoms with Crippen molar-refractivity contribution in [2.75, 3.05) is 11.4 Å². The highest BCUT2D eigenvalue weighted by atomic mass is 32.2. The van der Waals surface area contributed by atoms with Crippen LogP contribution in [0.1, 0.15) is 34.5 Å². The lowest BCUT2D eigenvalue weighted by Crippen LogP contribution is -2.34. The number of hydrogen-bond acceptors (Lipinski definition) is 4. The van der Waals surface area contributed by atoms with Gasteiger partial charge in [-0.05, 0) is 42.8 Å². The highest BCUT2D eigenvalue weighted by Crippen LogP contribution is 2.30. The van der Waals surface area contributed by atoms with Gasteiger partial charge in [-0.15, -0.1) is 0 Å². The number of anilines is 1. The molecule has 0 radical (unpaired) electrons. The first kappa shape index (κ1) is 25.0. The predicted molar refractivity (Wildman–Crippen MR) is 142 cm³/mol. The number of rotatable bonds is 9. The van der Waals surface area contributed by atoms with Gasteiger partial charge in [-0.2, -0.15) is 0 Å². The monoisotopic (exact) mass is 500 g/mol. The molecule has 184 valence electrons. The van der Waals surface area contributed by atoms with Gasteiger partial charge in [-0.3, -0.25) is 9.10 Å². The van der Waals surface area contributed by atoms with Crippen LogP contribution >= 0.6 is 0 Å². The van der Waals surface area contributed by atoms with Gasteiger partial charge >= 0.3 is 0 Å². The van der Waals surface area contributed by atoms with Gasteiger partial charge in [0.15, 0.2) is 0 Å². The molecule has 0 bridgehead atoms. The third-order valence-electron chi connectivity index (χ3n) is 5.87. The highest BCUT2D eigenvalue weighted by Gasteiger charge is 2.29. The average Bonchev–Trinajstić information content (AvgIpc) is 2.92. The Morgan fingerprint density at radius 3 is 2.11 bits per heavy atom. The summed E-state index contributed by atoms with van der Waals surface area (Å²) in [5.41, 5.74) is 2.18. The molecule has 7 heteroatoms. The zero-order valence-electron chi connectivity index (χ0n) is 20.2. The lowest BCUT2D eigenvalue weighted by Gasteiger charge is -2.27. The second-order valence-corrected chi connectivity index (χ2v) is 10.1. The molecule has 0 saturated carbocycles. The third kappa shape index (κ3) is 5.42. The maximum Gasteiger partial charge on any atom is 0.264 e. The van der Waals surface area contributed by atoms with E-state index < -0.39 is 10.0 Å². The number of carbonyl (C=O) groups is 1. The summed E-state index contributed by atoms with van der Waals surface area (Å²) in [6.45, 7) is 1.94. The Hall–Kier alpha value is -4.10. The maximum absolute atomic E-state index is 13.8. The molecule has 0 unspecified atom stereocenters. The van der Waals surface area contributed by atoms with Gasteiger partial charge in [0.05, 0.1) is 35.8 Å². The number of methoxy groups -OCH3 is 1. The molecular weight excluding hydrogens is 472 g/mol. The molecule has 0 aliphatic heterocycles. The molecule has 4 rings (SSSR count). The molecule has 0 heterocycles. The summed E-state index contributed by atoms with van der Waals surface area (Å²) < 4.78 is 34.4. The molecule has 1 atom stereocenters. The zero-order valence-corrected chi connectivity index (χ0v) is 21.0. The Bertz CT molecular complexity index is 1420. The number of nitrogens with zero attached hydrogens (tertiary/aromatic N) is 1. The van der Waals surface area contributed by atoms with Gasteiger partial charge in [0.2, 0.25) is 0 Å². The lowest BCUT2D eigenvalue weighted by molar-refractivity contribution is 0.0940. The molecule has 1 amide bonds. The fraction of sp³-hybridized carbons (Fsp3) is 0.138. The van der Waals surface area contributed by atoms with Crippen LogP contribution in [0.25, 0.3) is 0 Å². The summed E-state index contributed by atoms with van der Waals surface area (Å²) in [6, 6.07) is 31.4. The molecule has 0 saturated heterocycles. The first-order valence-corrected chi connectivity index (χ1v) is 13.0. The van der Waals surface area contributed by atoms with Gasteiger partial charge < -0.3 is 10.1 Å². The van der Waals surface area contributed by atoms with E-state index in [0.29, 0.717) is 11.4 Å². The van der Waals surface area contributed by atoms with Crippen molar-refractivity contribution in [3.8, 4) is 5.75 Å². The predicted octanol–water partition coefficient (Wildman–Crippen LogP) is 5.58. The van der Waals surface area contributed by atoms with Crippen LogP contribution in [0, 0.1) is 0 Å². The quantitative estimate of drug-likeness (QED) is 0.325. The molecule has 4 aromatic rings. The van der Waals surface area contributed by atoms with E-state index >= 15 is 0 Å². The number of ether oxygens (including phenoxy) is 1. The largest absolute Gasteiger partial charge is 0.496 e. The minimum Gasteiger partial charge on any atom is -0.496 e. The van der Waals surface area contributed by atoms with E-state index in [2.05, 4.69) is 5.32 Å². The topological polar surface area (TPSA) is 75.7 Å². The SMILES string of the molecule is COc1ccccc1[C@@H](C)NC(=O)c1ccccc1N(Cc1ccccc1)S(=O)(=O)c1ccccc1. The van der Waals surface area contributed by atoms with E-state index in [0.717, 1.165) is 11.1 Å². The Labute approximate surface area is 212 Å². The van der Waals surface area contributed by atoms with Crippen molar-refractivity contribution < 1.29 is 17.9 Å². The van der Waals surface area contributed by atoms with Crippen molar-refractivity contribution in [1.82, 2.24) is 5.32 Å². The number of amides is 1. The van der Waals surface area contributed by atoms with Crippen molar-refractivity contribution >= 4 is 21.6 Å². The molecule has 0 spiro atoms. The number of nitrogens with one attached hydrogen (secondary N) is 1. The second kappa shape index (κ2) is 11.1. The van der Waals surface area contributed by atoms with Crippen LogP contribution < -0.4 is 14.4 Å². The molecule has 0 aromatic heterocycles. The van der Waals surface area contributed by atoms with Gasteiger partial charge in [-0.1, -0.05) is 78.9 Å². The number of hydrogen-bond donors (Lipinski definition) is 1. The van der Waals surface area contributed by atoms with Crippen LogP contribution in [0.5, 0.6) is 5.75 Å². The zero-order chi connectivity index (χ0) is 25.5. The summed E-state index contributed by atoms with van der Waals surface area (Å²) in [4.78, 5) is 13.6. The normalized spacial score (nSPS) is 11.9. The van der Waals surface area contributed by atoms with Gasteiger partial charge in [0.1, 0.15) is 5.75 Å². The molecular formula is C29H28N2O4S. The van der Waals surface area contributed by atoms with Crippen molar-refractivity contribution in [3.63, 3.8) is 0 Å². The number of para-hydroxylation sites is 2. The van der Waals surface area contributed by atoms with Gasteiger partial charge in [0, 0.05) is 5.56 Å². The van der Waals surface area contributed by atoms with E-state index in [1.54, 1.807) is 61.7 Å². The summed E-state index contributed by atoms with van der Waals surface area (Å²) in [5, 5.41) is 3.00. The maximum atomic E-state index is 13.8. The second-order valence-electron chi connectivity index (χ2n) is 8.26. The molecule has 1 N–H and O–H groups in total. The number of benzene rings is 4. The minimum absolute atomic E-state index is 0.0738. The molecule has 0 aliphatic rings. The van der Waals surface area contributed by atoms with Crippen molar-refractivity contribution in [2.45, 2.75) is 24.4 Å². The molecule has 0 aliphatic carbocycles. The van der Waals surface area contributed by atoms with Crippen LogP contribution in [0.15, 0.2) is 114 Å². The van der Waals surface area contributed by atoms with Gasteiger partial charge in [0.25, 0.3) is 15.9 Å². The van der Waals surface area contributed by atoms with E-state index in [1.807, 2.05) is 61.5 Å². The Morgan fingerprint density at radius 1 is 0.833 bits per heavy atom. The molecule has 36 heavy (non-hydrogen) atoms. The Kier molecular flexibility index (Phi) is 7.71. The van der Waals surface area contributed by atoms with Crippen LogP contribution in [-0.2, 0) is 16.6 Å². The van der Waals surface area contributed by atoms with E-state index in [-0.39, 0.29) is 29.0 Å². The Morgan fingerprint density at radius 2 is 1.42 bits per heavy atom. The van der Waals surface area contributed by atoms with E-state index in [4.69, 9.17) is 4.74 Å². The molecule has 0 fully saturated rings. The summed E-state index contributed by atoms with van der Waals surface area (Å²) in [5.74, 6) is 0.279. The summed E-state index contributed by atoms with van der Waals surface area (Å²) >= 11 is 0. The van der Waals surface area contributed by atoms with E-state index in [9.17, 15) is 13.2 Å². The first-order valence-electron chi connectivity index (χ1n) is 11.6. The van der Waals surface area contributed by atoms with E-state index in [1.165, 1.54) is 4.31 Å².